The van der Waals surface area contributed by atoms with Gasteiger partial charge in [-0.2, -0.15) is 5.10 Å². The molecular formula is C18H13N3O3. The van der Waals surface area contributed by atoms with Gasteiger partial charge >= 0.3 is 0 Å². The van der Waals surface area contributed by atoms with Crippen LogP contribution < -0.4 is 5.43 Å². The molecule has 0 aliphatic heterocycles. The molecule has 0 fully saturated rings. The summed E-state index contributed by atoms with van der Waals surface area (Å²) in [7, 11) is 0. The Bertz CT molecular complexity index is 946. The second kappa shape index (κ2) is 6.70. The number of nitro benzene ring substituents is 1. The fourth-order valence-corrected chi connectivity index (χ4v) is 2.35. The highest BCUT2D eigenvalue weighted by Gasteiger charge is 2.10. The van der Waals surface area contributed by atoms with E-state index in [1.807, 2.05) is 42.5 Å². The molecule has 0 spiro atoms. The van der Waals surface area contributed by atoms with E-state index in [9.17, 15) is 14.9 Å². The molecular weight excluding hydrogens is 306 g/mol. The third-order valence-corrected chi connectivity index (χ3v) is 3.51. The van der Waals surface area contributed by atoms with Crippen LogP contribution in [0, 0.1) is 10.1 Å². The largest absolute Gasteiger partial charge is 0.271 e. The van der Waals surface area contributed by atoms with Gasteiger partial charge in [-0.05, 0) is 16.8 Å². The first kappa shape index (κ1) is 15.4. The fraction of sp³-hybridized carbons (Fsp3) is 0. The minimum absolute atomic E-state index is 0.138. The third kappa shape index (κ3) is 3.27. The van der Waals surface area contributed by atoms with Gasteiger partial charge in [0.25, 0.3) is 11.6 Å². The number of fused-ring (bicyclic) bond motifs is 1. The van der Waals surface area contributed by atoms with Gasteiger partial charge in [0.1, 0.15) is 0 Å². The summed E-state index contributed by atoms with van der Waals surface area (Å²) in [5.74, 6) is -0.504. The third-order valence-electron chi connectivity index (χ3n) is 3.51. The zero-order chi connectivity index (χ0) is 16.9. The van der Waals surface area contributed by atoms with Gasteiger partial charge in [0, 0.05) is 23.3 Å². The van der Waals surface area contributed by atoms with Gasteiger partial charge in [-0.1, -0.05) is 48.5 Å². The van der Waals surface area contributed by atoms with Crippen LogP contribution in [0.3, 0.4) is 0 Å². The standard InChI is InChI=1S/C18H13N3O3/c22-18(14-7-4-9-16(11-14)21(23)24)20-19-12-15-8-3-6-13-5-1-2-10-17(13)15/h1-12H,(H,20,22)/b19-12-. The predicted molar refractivity (Wildman–Crippen MR) is 92.1 cm³/mol. The Kier molecular flexibility index (Phi) is 4.29. The number of nitro groups is 1. The summed E-state index contributed by atoms with van der Waals surface area (Å²) >= 11 is 0. The van der Waals surface area contributed by atoms with Crippen LogP contribution in [0.4, 0.5) is 5.69 Å². The van der Waals surface area contributed by atoms with Gasteiger partial charge in [0.05, 0.1) is 11.1 Å². The molecule has 0 bridgehead atoms. The molecule has 0 aromatic heterocycles. The number of benzene rings is 3. The Morgan fingerprint density at radius 3 is 2.62 bits per heavy atom. The number of non-ortho nitro benzene ring substituents is 1. The molecule has 0 saturated carbocycles. The highest BCUT2D eigenvalue weighted by molar-refractivity contribution is 6.00. The van der Waals surface area contributed by atoms with Gasteiger partial charge in [-0.3, -0.25) is 14.9 Å². The second-order valence-electron chi connectivity index (χ2n) is 5.07. The number of rotatable bonds is 4. The van der Waals surface area contributed by atoms with Gasteiger partial charge in [-0.25, -0.2) is 5.43 Å². The Labute approximate surface area is 137 Å². The van der Waals surface area contributed by atoms with E-state index in [2.05, 4.69) is 10.5 Å². The van der Waals surface area contributed by atoms with Crippen LogP contribution >= 0.6 is 0 Å². The molecule has 0 unspecified atom stereocenters. The molecule has 0 saturated heterocycles. The summed E-state index contributed by atoms with van der Waals surface area (Å²) in [5, 5.41) is 16.8. The molecule has 3 aromatic carbocycles. The number of nitrogens with one attached hydrogen (secondary N) is 1. The average molecular weight is 319 g/mol. The van der Waals surface area contributed by atoms with E-state index < -0.39 is 10.8 Å². The van der Waals surface area contributed by atoms with Crippen molar-refractivity contribution in [2.24, 2.45) is 5.10 Å². The number of hydrogen-bond donors (Lipinski definition) is 1. The lowest BCUT2D eigenvalue weighted by Gasteiger charge is -2.02. The first-order chi connectivity index (χ1) is 11.6. The van der Waals surface area contributed by atoms with Crippen LogP contribution in [0.1, 0.15) is 15.9 Å². The molecule has 1 N–H and O–H groups in total. The van der Waals surface area contributed by atoms with Crippen molar-refractivity contribution in [2.45, 2.75) is 0 Å². The van der Waals surface area contributed by atoms with Crippen molar-refractivity contribution >= 4 is 28.6 Å². The monoisotopic (exact) mass is 319 g/mol. The van der Waals surface area contributed by atoms with Crippen molar-refractivity contribution < 1.29 is 9.72 Å². The SMILES string of the molecule is O=C(N/N=C\c1cccc2ccccc12)c1cccc([N+](=O)[O-])c1. The summed E-state index contributed by atoms with van der Waals surface area (Å²) in [6.45, 7) is 0. The van der Waals surface area contributed by atoms with Gasteiger partial charge < -0.3 is 0 Å². The smallest absolute Gasteiger partial charge is 0.267 e. The first-order valence-corrected chi connectivity index (χ1v) is 7.21. The van der Waals surface area contributed by atoms with Gasteiger partial charge in [-0.15, -0.1) is 0 Å². The second-order valence-corrected chi connectivity index (χ2v) is 5.07. The minimum atomic E-state index is -0.545. The predicted octanol–water partition coefficient (Wildman–Crippen LogP) is 3.51. The van der Waals surface area contributed by atoms with Crippen molar-refractivity contribution in [1.29, 1.82) is 0 Å². The molecule has 6 heteroatoms. The lowest BCUT2D eigenvalue weighted by Crippen LogP contribution is -2.17. The Balaban J connectivity index is 1.77. The summed E-state index contributed by atoms with van der Waals surface area (Å²) < 4.78 is 0. The van der Waals surface area contributed by atoms with Crippen molar-refractivity contribution in [3.05, 3.63) is 88.0 Å². The molecule has 0 aliphatic carbocycles. The molecule has 6 nitrogen and oxygen atoms in total. The number of nitrogens with zero attached hydrogens (tertiary/aromatic N) is 2. The van der Waals surface area contributed by atoms with Crippen LogP contribution in [-0.4, -0.2) is 17.0 Å². The van der Waals surface area contributed by atoms with Gasteiger partial charge in [0.2, 0.25) is 0 Å². The molecule has 3 aromatic rings. The van der Waals surface area contributed by atoms with Crippen LogP contribution in [0.5, 0.6) is 0 Å². The van der Waals surface area contributed by atoms with Gasteiger partial charge in [0.15, 0.2) is 0 Å². The molecule has 0 heterocycles. The molecule has 0 aliphatic rings. The number of hydrogen-bond acceptors (Lipinski definition) is 4. The van der Waals surface area contributed by atoms with Crippen LogP contribution in [0.2, 0.25) is 0 Å². The van der Waals surface area contributed by atoms with E-state index in [0.717, 1.165) is 16.3 Å². The van der Waals surface area contributed by atoms with E-state index in [1.165, 1.54) is 24.3 Å². The number of carbonyl (C=O) groups excluding carboxylic acids is 1. The zero-order valence-electron chi connectivity index (χ0n) is 12.5. The van der Waals surface area contributed by atoms with E-state index in [4.69, 9.17) is 0 Å². The van der Waals surface area contributed by atoms with Crippen molar-refractivity contribution in [1.82, 2.24) is 5.43 Å². The number of carbonyl (C=O) groups is 1. The lowest BCUT2D eigenvalue weighted by molar-refractivity contribution is -0.384. The maximum Gasteiger partial charge on any atom is 0.271 e. The Morgan fingerprint density at radius 2 is 1.79 bits per heavy atom. The fourth-order valence-electron chi connectivity index (χ4n) is 2.35. The molecule has 0 radical (unpaired) electrons. The molecule has 0 atom stereocenters. The highest BCUT2D eigenvalue weighted by atomic mass is 16.6. The number of amides is 1. The number of hydrazone groups is 1. The molecule has 1 amide bonds. The van der Waals surface area contributed by atoms with E-state index >= 15 is 0 Å². The lowest BCUT2D eigenvalue weighted by atomic mass is 10.1. The first-order valence-electron chi connectivity index (χ1n) is 7.21. The van der Waals surface area contributed by atoms with E-state index in [-0.39, 0.29) is 11.3 Å². The average Bonchev–Trinajstić information content (AvgIpc) is 2.62. The summed E-state index contributed by atoms with van der Waals surface area (Å²) in [6.07, 6.45) is 1.55. The maximum atomic E-state index is 12.0. The van der Waals surface area contributed by atoms with E-state index in [0.29, 0.717) is 0 Å². The van der Waals surface area contributed by atoms with Crippen molar-refractivity contribution in [3.8, 4) is 0 Å². The van der Waals surface area contributed by atoms with Crippen molar-refractivity contribution in [2.75, 3.05) is 0 Å². The van der Waals surface area contributed by atoms with Crippen molar-refractivity contribution in [3.63, 3.8) is 0 Å². The van der Waals surface area contributed by atoms with Crippen LogP contribution in [-0.2, 0) is 0 Å². The summed E-state index contributed by atoms with van der Waals surface area (Å²) in [4.78, 5) is 22.2. The minimum Gasteiger partial charge on any atom is -0.267 e. The van der Waals surface area contributed by atoms with Crippen LogP contribution in [0.15, 0.2) is 71.8 Å². The Morgan fingerprint density at radius 1 is 1.04 bits per heavy atom. The summed E-state index contributed by atoms with van der Waals surface area (Å²) in [5.41, 5.74) is 3.30. The van der Waals surface area contributed by atoms with E-state index in [1.54, 1.807) is 6.21 Å². The van der Waals surface area contributed by atoms with Crippen LogP contribution in [0.25, 0.3) is 10.8 Å². The Hall–Kier alpha value is -3.54. The molecule has 3 rings (SSSR count). The molecule has 24 heavy (non-hydrogen) atoms. The highest BCUT2D eigenvalue weighted by Crippen LogP contribution is 2.17. The normalized spacial score (nSPS) is 10.8. The summed E-state index contributed by atoms with van der Waals surface area (Å²) in [6, 6.07) is 19.1. The topological polar surface area (TPSA) is 84.6 Å². The molecule has 118 valence electrons. The zero-order valence-corrected chi connectivity index (χ0v) is 12.5. The maximum absolute atomic E-state index is 12.0. The quantitative estimate of drug-likeness (QED) is 0.453.